The highest BCUT2D eigenvalue weighted by Crippen LogP contribution is 2.26. The van der Waals surface area contributed by atoms with Gasteiger partial charge in [-0.3, -0.25) is 4.79 Å². The standard InChI is InChI=1S/C7H5BrCl3NOS/c8-5-2-1-4(14-5)3-12-6(13)7(9,10)11/h1-2H,3H2,(H,12,13). The molecule has 7 heteroatoms. The molecule has 1 rings (SSSR count). The zero-order valence-electron chi connectivity index (χ0n) is 6.69. The minimum Gasteiger partial charge on any atom is -0.347 e. The molecule has 0 aliphatic carbocycles. The number of thiophene rings is 1. The van der Waals surface area contributed by atoms with E-state index in [9.17, 15) is 4.79 Å². The summed E-state index contributed by atoms with van der Waals surface area (Å²) in [4.78, 5) is 12.1. The molecular weight excluding hydrogens is 332 g/mol. The van der Waals surface area contributed by atoms with Gasteiger partial charge in [-0.1, -0.05) is 34.8 Å². The summed E-state index contributed by atoms with van der Waals surface area (Å²) < 4.78 is -0.898. The summed E-state index contributed by atoms with van der Waals surface area (Å²) in [5.74, 6) is -0.618. The molecule has 1 aromatic heterocycles. The van der Waals surface area contributed by atoms with Gasteiger partial charge >= 0.3 is 0 Å². The van der Waals surface area contributed by atoms with Crippen molar-refractivity contribution in [1.82, 2.24) is 5.32 Å². The highest BCUT2D eigenvalue weighted by Gasteiger charge is 2.30. The fraction of sp³-hybridized carbons (Fsp3) is 0.286. The highest BCUT2D eigenvalue weighted by molar-refractivity contribution is 9.11. The first-order valence-corrected chi connectivity index (χ1v) is 6.23. The predicted octanol–water partition coefficient (Wildman–Crippen LogP) is 3.50. The van der Waals surface area contributed by atoms with Crippen LogP contribution in [0.1, 0.15) is 4.88 Å². The number of alkyl halides is 3. The molecule has 0 aliphatic rings. The van der Waals surface area contributed by atoms with Gasteiger partial charge in [0.1, 0.15) is 0 Å². The summed E-state index contributed by atoms with van der Waals surface area (Å²) >= 11 is 20.9. The fourth-order valence-corrected chi connectivity index (χ4v) is 2.34. The molecule has 1 N–H and O–H groups in total. The molecule has 0 aliphatic heterocycles. The van der Waals surface area contributed by atoms with Crippen LogP contribution in [0.5, 0.6) is 0 Å². The van der Waals surface area contributed by atoms with Crippen LogP contribution in [0.3, 0.4) is 0 Å². The van der Waals surface area contributed by atoms with E-state index in [0.717, 1.165) is 8.66 Å². The lowest BCUT2D eigenvalue weighted by molar-refractivity contribution is -0.120. The second-order valence-electron chi connectivity index (χ2n) is 2.39. The molecule has 1 aromatic rings. The van der Waals surface area contributed by atoms with Gasteiger partial charge < -0.3 is 5.32 Å². The normalized spacial score (nSPS) is 11.4. The van der Waals surface area contributed by atoms with Gasteiger partial charge in [0.15, 0.2) is 0 Å². The highest BCUT2D eigenvalue weighted by atomic mass is 79.9. The Bertz CT molecular complexity index is 336. The number of rotatable bonds is 2. The van der Waals surface area contributed by atoms with Gasteiger partial charge in [-0.2, -0.15) is 0 Å². The van der Waals surface area contributed by atoms with Crippen LogP contribution in [-0.2, 0) is 11.3 Å². The summed E-state index contributed by atoms with van der Waals surface area (Å²) in [6.07, 6.45) is 0. The quantitative estimate of drug-likeness (QED) is 0.822. The molecule has 78 valence electrons. The van der Waals surface area contributed by atoms with Crippen molar-refractivity contribution in [2.45, 2.75) is 10.3 Å². The van der Waals surface area contributed by atoms with Crippen LogP contribution in [0, 0.1) is 0 Å². The van der Waals surface area contributed by atoms with Gasteiger partial charge in [-0.15, -0.1) is 11.3 Å². The second-order valence-corrected chi connectivity index (χ2v) is 7.22. The molecular formula is C7H5BrCl3NOS. The minimum absolute atomic E-state index is 0.364. The second kappa shape index (κ2) is 5.03. The zero-order chi connectivity index (χ0) is 10.8. The van der Waals surface area contributed by atoms with E-state index < -0.39 is 9.70 Å². The van der Waals surface area contributed by atoms with Gasteiger partial charge in [0.05, 0.1) is 10.3 Å². The van der Waals surface area contributed by atoms with Crippen LogP contribution in [0.25, 0.3) is 0 Å². The summed E-state index contributed by atoms with van der Waals surface area (Å²) in [5.41, 5.74) is 0. The molecule has 0 saturated heterocycles. The minimum atomic E-state index is -1.89. The Kier molecular flexibility index (Phi) is 4.53. The third kappa shape index (κ3) is 3.95. The zero-order valence-corrected chi connectivity index (χ0v) is 11.4. The van der Waals surface area contributed by atoms with Crippen molar-refractivity contribution in [2.75, 3.05) is 0 Å². The SMILES string of the molecule is O=C(NCc1ccc(Br)s1)C(Cl)(Cl)Cl. The summed E-state index contributed by atoms with van der Waals surface area (Å²) in [5, 5.41) is 2.51. The van der Waals surface area contributed by atoms with Gasteiger partial charge in [0.25, 0.3) is 9.70 Å². The number of nitrogens with one attached hydrogen (secondary N) is 1. The molecule has 0 atom stereocenters. The number of carbonyl (C=O) groups is 1. The Morgan fingerprint density at radius 3 is 2.57 bits per heavy atom. The van der Waals surface area contributed by atoms with Gasteiger partial charge in [-0.05, 0) is 28.1 Å². The average Bonchev–Trinajstić information content (AvgIpc) is 2.45. The van der Waals surface area contributed by atoms with Crippen LogP contribution >= 0.6 is 62.1 Å². The van der Waals surface area contributed by atoms with E-state index in [2.05, 4.69) is 21.2 Å². The van der Waals surface area contributed by atoms with E-state index in [1.807, 2.05) is 12.1 Å². The summed E-state index contributed by atoms with van der Waals surface area (Å²) in [6.45, 7) is 0.364. The largest absolute Gasteiger partial charge is 0.347 e. The molecule has 0 aromatic carbocycles. The van der Waals surface area contributed by atoms with Crippen molar-refractivity contribution < 1.29 is 4.79 Å². The Balaban J connectivity index is 2.46. The number of hydrogen-bond acceptors (Lipinski definition) is 2. The van der Waals surface area contributed by atoms with Crippen LogP contribution in [0.15, 0.2) is 15.9 Å². The Morgan fingerprint density at radius 1 is 1.50 bits per heavy atom. The molecule has 0 unspecified atom stereocenters. The molecule has 1 heterocycles. The van der Waals surface area contributed by atoms with Crippen molar-refractivity contribution in [3.05, 3.63) is 20.8 Å². The number of amides is 1. The molecule has 0 fully saturated rings. The lowest BCUT2D eigenvalue weighted by atomic mass is 10.4. The molecule has 1 amide bonds. The van der Waals surface area contributed by atoms with Crippen molar-refractivity contribution in [3.8, 4) is 0 Å². The maximum atomic E-state index is 11.1. The third-order valence-electron chi connectivity index (χ3n) is 1.31. The van der Waals surface area contributed by atoms with E-state index in [1.54, 1.807) is 0 Å². The lowest BCUT2D eigenvalue weighted by Gasteiger charge is -2.09. The number of carbonyl (C=O) groups excluding carboxylic acids is 1. The monoisotopic (exact) mass is 335 g/mol. The van der Waals surface area contributed by atoms with E-state index in [0.29, 0.717) is 6.54 Å². The van der Waals surface area contributed by atoms with E-state index in [4.69, 9.17) is 34.8 Å². The maximum Gasteiger partial charge on any atom is 0.272 e. The molecule has 14 heavy (non-hydrogen) atoms. The first kappa shape index (κ1) is 12.6. The van der Waals surface area contributed by atoms with E-state index in [1.165, 1.54) is 11.3 Å². The smallest absolute Gasteiger partial charge is 0.272 e. The molecule has 2 nitrogen and oxygen atoms in total. The van der Waals surface area contributed by atoms with Crippen molar-refractivity contribution >= 4 is 68.0 Å². The average molecular weight is 337 g/mol. The summed E-state index contributed by atoms with van der Waals surface area (Å²) in [7, 11) is 0. The van der Waals surface area contributed by atoms with E-state index >= 15 is 0 Å². The van der Waals surface area contributed by atoms with Gasteiger partial charge in [-0.25, -0.2) is 0 Å². The first-order valence-electron chi connectivity index (χ1n) is 3.49. The number of halogens is 4. The summed E-state index contributed by atoms with van der Waals surface area (Å²) in [6, 6.07) is 3.77. The fourth-order valence-electron chi connectivity index (χ4n) is 0.714. The Hall–Kier alpha value is 0.520. The first-order chi connectivity index (χ1) is 6.39. The molecule has 0 spiro atoms. The van der Waals surface area contributed by atoms with Crippen molar-refractivity contribution in [3.63, 3.8) is 0 Å². The van der Waals surface area contributed by atoms with Crippen LogP contribution < -0.4 is 5.32 Å². The van der Waals surface area contributed by atoms with Crippen LogP contribution in [-0.4, -0.2) is 9.70 Å². The molecule has 0 radical (unpaired) electrons. The Labute approximate surface area is 109 Å². The van der Waals surface area contributed by atoms with Crippen molar-refractivity contribution in [2.24, 2.45) is 0 Å². The molecule has 0 bridgehead atoms. The topological polar surface area (TPSA) is 29.1 Å². The predicted molar refractivity (Wildman–Crippen MR) is 64.2 cm³/mol. The van der Waals surface area contributed by atoms with Gasteiger partial charge in [0.2, 0.25) is 0 Å². The van der Waals surface area contributed by atoms with Crippen LogP contribution in [0.4, 0.5) is 0 Å². The van der Waals surface area contributed by atoms with E-state index in [-0.39, 0.29) is 0 Å². The van der Waals surface area contributed by atoms with Gasteiger partial charge in [0, 0.05) is 4.88 Å². The lowest BCUT2D eigenvalue weighted by Crippen LogP contribution is -2.33. The van der Waals surface area contributed by atoms with Crippen LogP contribution in [0.2, 0.25) is 0 Å². The van der Waals surface area contributed by atoms with Crippen molar-refractivity contribution in [1.29, 1.82) is 0 Å². The molecule has 0 saturated carbocycles. The third-order valence-corrected chi connectivity index (χ3v) is 3.45. The Morgan fingerprint density at radius 2 is 2.14 bits per heavy atom. The number of hydrogen-bond donors (Lipinski definition) is 1. The maximum absolute atomic E-state index is 11.1.